The Balaban J connectivity index is 0.00000182. The van der Waals surface area contributed by atoms with E-state index in [0.29, 0.717) is 0 Å². The van der Waals surface area contributed by atoms with Crippen molar-refractivity contribution in [2.24, 2.45) is 0 Å². The first-order valence-corrected chi connectivity index (χ1v) is 7.77. The van der Waals surface area contributed by atoms with Crippen molar-refractivity contribution in [1.82, 2.24) is 9.97 Å². The first kappa shape index (κ1) is 16.7. The summed E-state index contributed by atoms with van der Waals surface area (Å²) >= 11 is 0. The van der Waals surface area contributed by atoms with E-state index >= 15 is 0 Å². The smallest absolute Gasteiger partial charge is 0.141 e. The SMILES string of the molecule is [Cl-].c1ccc(Nc2ccc(Nc3ncnc4ccccc34)cc2)cc1. The van der Waals surface area contributed by atoms with Gasteiger partial charge in [0, 0.05) is 22.4 Å². The number of halogens is 1. The lowest BCUT2D eigenvalue weighted by Gasteiger charge is -2.10. The van der Waals surface area contributed by atoms with E-state index in [1.165, 1.54) is 0 Å². The molecule has 0 unspecified atom stereocenters. The van der Waals surface area contributed by atoms with Crippen LogP contribution >= 0.6 is 0 Å². The van der Waals surface area contributed by atoms with Gasteiger partial charge in [-0.2, -0.15) is 0 Å². The van der Waals surface area contributed by atoms with Crippen LogP contribution in [0.5, 0.6) is 0 Å². The maximum absolute atomic E-state index is 4.35. The molecule has 0 saturated heterocycles. The topological polar surface area (TPSA) is 49.8 Å². The summed E-state index contributed by atoms with van der Waals surface area (Å²) in [5, 5.41) is 7.74. The molecule has 25 heavy (non-hydrogen) atoms. The molecule has 0 bridgehead atoms. The lowest BCUT2D eigenvalue weighted by Crippen LogP contribution is -3.00. The van der Waals surface area contributed by atoms with E-state index in [9.17, 15) is 0 Å². The molecule has 0 amide bonds. The third-order valence-electron chi connectivity index (χ3n) is 3.75. The van der Waals surface area contributed by atoms with Crippen LogP contribution in [-0.2, 0) is 0 Å². The van der Waals surface area contributed by atoms with Gasteiger partial charge in [0.25, 0.3) is 0 Å². The van der Waals surface area contributed by atoms with Crippen LogP contribution in [0.15, 0.2) is 85.2 Å². The number of nitrogens with zero attached hydrogens (tertiary/aromatic N) is 2. The molecule has 0 saturated carbocycles. The fraction of sp³-hybridized carbons (Fsp3) is 0. The second-order valence-corrected chi connectivity index (χ2v) is 5.43. The minimum absolute atomic E-state index is 0. The Morgan fingerprint density at radius 1 is 0.560 bits per heavy atom. The summed E-state index contributed by atoms with van der Waals surface area (Å²) < 4.78 is 0. The summed E-state index contributed by atoms with van der Waals surface area (Å²) in [7, 11) is 0. The molecule has 0 atom stereocenters. The monoisotopic (exact) mass is 347 g/mol. The predicted molar refractivity (Wildman–Crippen MR) is 99.0 cm³/mol. The van der Waals surface area contributed by atoms with Gasteiger partial charge >= 0.3 is 0 Å². The number of fused-ring (bicyclic) bond motifs is 1. The Labute approximate surface area is 152 Å². The Kier molecular flexibility index (Phi) is 5.11. The molecule has 0 aliphatic heterocycles. The van der Waals surface area contributed by atoms with Crippen LogP contribution in [0, 0.1) is 0 Å². The number of nitrogens with one attached hydrogen (secondary N) is 2. The quantitative estimate of drug-likeness (QED) is 0.594. The minimum atomic E-state index is 0. The molecule has 4 rings (SSSR count). The van der Waals surface area contributed by atoms with Crippen LogP contribution in [0.2, 0.25) is 0 Å². The van der Waals surface area contributed by atoms with Gasteiger partial charge in [0.05, 0.1) is 5.52 Å². The molecule has 0 aliphatic carbocycles. The number of rotatable bonds is 4. The summed E-state index contributed by atoms with van der Waals surface area (Å²) in [5.74, 6) is 0.810. The van der Waals surface area contributed by atoms with Crippen molar-refractivity contribution < 1.29 is 12.4 Å². The number of anilines is 4. The number of para-hydroxylation sites is 2. The van der Waals surface area contributed by atoms with Crippen LogP contribution in [0.25, 0.3) is 10.9 Å². The molecule has 0 fully saturated rings. The van der Waals surface area contributed by atoms with E-state index < -0.39 is 0 Å². The molecule has 0 aliphatic rings. The van der Waals surface area contributed by atoms with Gasteiger partial charge in [-0.25, -0.2) is 9.97 Å². The van der Waals surface area contributed by atoms with E-state index in [1.54, 1.807) is 6.33 Å². The second kappa shape index (κ2) is 7.64. The molecule has 124 valence electrons. The van der Waals surface area contributed by atoms with Gasteiger partial charge in [-0.15, -0.1) is 0 Å². The summed E-state index contributed by atoms with van der Waals surface area (Å²) in [5.41, 5.74) is 4.02. The fourth-order valence-electron chi connectivity index (χ4n) is 2.57. The molecule has 1 aromatic heterocycles. The van der Waals surface area contributed by atoms with E-state index in [1.807, 2.05) is 78.9 Å². The second-order valence-electron chi connectivity index (χ2n) is 5.43. The highest BCUT2D eigenvalue weighted by molar-refractivity contribution is 5.90. The van der Waals surface area contributed by atoms with Crippen LogP contribution in [0.1, 0.15) is 0 Å². The van der Waals surface area contributed by atoms with Gasteiger partial charge in [0.2, 0.25) is 0 Å². The van der Waals surface area contributed by atoms with Gasteiger partial charge in [0.1, 0.15) is 12.1 Å². The lowest BCUT2D eigenvalue weighted by atomic mass is 10.2. The average molecular weight is 348 g/mol. The standard InChI is InChI=1S/C20H16N4.ClH/c1-2-6-15(7-3-1)23-16-10-12-17(13-11-16)24-20-18-8-4-5-9-19(18)21-14-22-20;/h1-14,23H,(H,21,22,24);1H/p-1. The molecular weight excluding hydrogens is 332 g/mol. The van der Waals surface area contributed by atoms with Crippen molar-refractivity contribution in [3.8, 4) is 0 Å². The fourth-order valence-corrected chi connectivity index (χ4v) is 2.57. The van der Waals surface area contributed by atoms with Crippen molar-refractivity contribution in [3.63, 3.8) is 0 Å². The third-order valence-corrected chi connectivity index (χ3v) is 3.75. The van der Waals surface area contributed by atoms with Crippen LogP contribution in [0.3, 0.4) is 0 Å². The molecule has 0 radical (unpaired) electrons. The lowest BCUT2D eigenvalue weighted by molar-refractivity contribution is -0.00000477. The maximum atomic E-state index is 4.35. The van der Waals surface area contributed by atoms with E-state index in [0.717, 1.165) is 33.8 Å². The van der Waals surface area contributed by atoms with Crippen molar-refractivity contribution in [2.75, 3.05) is 10.6 Å². The summed E-state index contributed by atoms with van der Waals surface area (Å²) in [6.07, 6.45) is 1.58. The van der Waals surface area contributed by atoms with Crippen LogP contribution in [-0.4, -0.2) is 9.97 Å². The Morgan fingerprint density at radius 3 is 1.92 bits per heavy atom. The Bertz CT molecular complexity index is 951. The van der Waals surface area contributed by atoms with Gasteiger partial charge in [-0.3, -0.25) is 0 Å². The molecule has 2 N–H and O–H groups in total. The molecule has 4 nitrogen and oxygen atoms in total. The van der Waals surface area contributed by atoms with Crippen molar-refractivity contribution in [1.29, 1.82) is 0 Å². The third kappa shape index (κ3) is 3.87. The average Bonchev–Trinajstić information content (AvgIpc) is 2.65. The zero-order valence-electron chi connectivity index (χ0n) is 13.4. The first-order chi connectivity index (χ1) is 11.9. The Morgan fingerprint density at radius 2 is 1.16 bits per heavy atom. The summed E-state index contributed by atoms with van der Waals surface area (Å²) in [6.45, 7) is 0. The molecule has 3 aromatic carbocycles. The van der Waals surface area contributed by atoms with Crippen molar-refractivity contribution in [2.45, 2.75) is 0 Å². The molecule has 4 aromatic rings. The highest BCUT2D eigenvalue weighted by atomic mass is 35.5. The Hall–Kier alpha value is -3.11. The zero-order chi connectivity index (χ0) is 16.2. The maximum Gasteiger partial charge on any atom is 0.141 e. The minimum Gasteiger partial charge on any atom is -1.00 e. The molecular formula is C20H16ClN4-. The predicted octanol–water partition coefficient (Wildman–Crippen LogP) is 2.12. The number of hydrogen-bond acceptors (Lipinski definition) is 4. The van der Waals surface area contributed by atoms with Crippen LogP contribution < -0.4 is 23.0 Å². The zero-order valence-corrected chi connectivity index (χ0v) is 14.1. The molecule has 5 heteroatoms. The number of hydrogen-bond donors (Lipinski definition) is 2. The van der Waals surface area contributed by atoms with Crippen molar-refractivity contribution in [3.05, 3.63) is 85.2 Å². The summed E-state index contributed by atoms with van der Waals surface area (Å²) in [4.78, 5) is 8.64. The van der Waals surface area contributed by atoms with E-state index in [2.05, 4.69) is 20.6 Å². The summed E-state index contributed by atoms with van der Waals surface area (Å²) in [6, 6.07) is 26.2. The largest absolute Gasteiger partial charge is 1.00 e. The number of aromatic nitrogens is 2. The van der Waals surface area contributed by atoms with Gasteiger partial charge in [-0.1, -0.05) is 30.3 Å². The van der Waals surface area contributed by atoms with Gasteiger partial charge in [-0.05, 0) is 48.5 Å². The normalized spacial score (nSPS) is 10.1. The van der Waals surface area contributed by atoms with E-state index in [4.69, 9.17) is 0 Å². The molecule has 0 spiro atoms. The van der Waals surface area contributed by atoms with Gasteiger partial charge < -0.3 is 23.0 Å². The highest BCUT2D eigenvalue weighted by Crippen LogP contribution is 2.24. The van der Waals surface area contributed by atoms with E-state index in [-0.39, 0.29) is 12.4 Å². The number of benzene rings is 3. The molecule has 1 heterocycles. The van der Waals surface area contributed by atoms with Crippen molar-refractivity contribution >= 4 is 33.8 Å². The van der Waals surface area contributed by atoms with Gasteiger partial charge in [0.15, 0.2) is 0 Å². The highest BCUT2D eigenvalue weighted by Gasteiger charge is 2.03. The van der Waals surface area contributed by atoms with Crippen LogP contribution in [0.4, 0.5) is 22.9 Å². The first-order valence-electron chi connectivity index (χ1n) is 7.77.